The monoisotopic (exact) mass is 256 g/mol. The summed E-state index contributed by atoms with van der Waals surface area (Å²) in [7, 11) is 0. The lowest BCUT2D eigenvalue weighted by Crippen LogP contribution is -2.58. The maximum atomic E-state index is 5.73. The number of nitrogens with zero attached hydrogens (tertiary/aromatic N) is 1. The van der Waals surface area contributed by atoms with Crippen LogP contribution in [0.15, 0.2) is 0 Å². The van der Waals surface area contributed by atoms with Gasteiger partial charge in [0.15, 0.2) is 0 Å². The first-order valence-electron chi connectivity index (χ1n) is 7.59. The van der Waals surface area contributed by atoms with Crippen molar-refractivity contribution in [2.24, 2.45) is 11.8 Å². The molecule has 18 heavy (non-hydrogen) atoms. The van der Waals surface area contributed by atoms with E-state index < -0.39 is 0 Å². The quantitative estimate of drug-likeness (QED) is 0.708. The molecule has 1 saturated heterocycles. The van der Waals surface area contributed by atoms with E-state index in [1.54, 1.807) is 0 Å². The maximum absolute atomic E-state index is 5.73. The van der Waals surface area contributed by atoms with Gasteiger partial charge in [0.05, 0.1) is 6.61 Å². The Balaban J connectivity index is 2.36. The van der Waals surface area contributed by atoms with E-state index in [1.165, 1.54) is 6.42 Å². The van der Waals surface area contributed by atoms with Gasteiger partial charge in [0.25, 0.3) is 0 Å². The largest absolute Gasteiger partial charge is 0.380 e. The zero-order chi connectivity index (χ0) is 13.5. The molecule has 0 bridgehead atoms. The average Bonchev–Trinajstić information content (AvgIpc) is 2.33. The molecule has 0 aromatic heterocycles. The Hall–Kier alpha value is -0.120. The molecular formula is C15H32N2O. The van der Waals surface area contributed by atoms with Crippen molar-refractivity contribution < 1.29 is 4.74 Å². The molecule has 1 rings (SSSR count). The summed E-state index contributed by atoms with van der Waals surface area (Å²) in [5, 5.41) is 3.60. The first kappa shape index (κ1) is 15.9. The molecular weight excluding hydrogens is 224 g/mol. The van der Waals surface area contributed by atoms with Gasteiger partial charge in [-0.25, -0.2) is 0 Å². The highest BCUT2D eigenvalue weighted by molar-refractivity contribution is 4.86. The SMILES string of the molecule is CCC(C)C1CNC(C)CN1CCOCC(C)C. The molecule has 0 radical (unpaired) electrons. The summed E-state index contributed by atoms with van der Waals surface area (Å²) in [5.41, 5.74) is 0. The van der Waals surface area contributed by atoms with E-state index in [2.05, 4.69) is 44.8 Å². The van der Waals surface area contributed by atoms with Crippen LogP contribution < -0.4 is 5.32 Å². The molecule has 0 amide bonds. The van der Waals surface area contributed by atoms with Crippen LogP contribution in [0, 0.1) is 11.8 Å². The molecule has 3 nitrogen and oxygen atoms in total. The smallest absolute Gasteiger partial charge is 0.0593 e. The van der Waals surface area contributed by atoms with E-state index in [4.69, 9.17) is 4.74 Å². The highest BCUT2D eigenvalue weighted by Crippen LogP contribution is 2.17. The standard InChI is InChI=1S/C15H32N2O/c1-6-13(4)15-9-16-14(5)10-17(15)7-8-18-11-12(2)3/h12-16H,6-11H2,1-5H3. The normalized spacial score (nSPS) is 27.7. The molecule has 0 saturated carbocycles. The van der Waals surface area contributed by atoms with Crippen LogP contribution in [0.5, 0.6) is 0 Å². The number of ether oxygens (including phenoxy) is 1. The van der Waals surface area contributed by atoms with Crippen LogP contribution in [0.1, 0.15) is 41.0 Å². The fourth-order valence-electron chi connectivity index (χ4n) is 2.59. The minimum absolute atomic E-state index is 0.607. The fraction of sp³-hybridized carbons (Fsp3) is 1.00. The van der Waals surface area contributed by atoms with Crippen molar-refractivity contribution in [3.05, 3.63) is 0 Å². The minimum atomic E-state index is 0.607. The van der Waals surface area contributed by atoms with Gasteiger partial charge in [0.1, 0.15) is 0 Å². The number of hydrogen-bond donors (Lipinski definition) is 1. The maximum Gasteiger partial charge on any atom is 0.0593 e. The van der Waals surface area contributed by atoms with Gasteiger partial charge in [-0.3, -0.25) is 4.90 Å². The van der Waals surface area contributed by atoms with E-state index in [0.717, 1.165) is 38.8 Å². The molecule has 0 spiro atoms. The van der Waals surface area contributed by atoms with Crippen molar-refractivity contribution in [3.8, 4) is 0 Å². The zero-order valence-electron chi connectivity index (χ0n) is 12.9. The third-order valence-electron chi connectivity index (χ3n) is 3.93. The molecule has 3 heteroatoms. The summed E-state index contributed by atoms with van der Waals surface area (Å²) in [5.74, 6) is 1.40. The van der Waals surface area contributed by atoms with Crippen molar-refractivity contribution >= 4 is 0 Å². The lowest BCUT2D eigenvalue weighted by molar-refractivity contribution is 0.0414. The Kier molecular flexibility index (Phi) is 7.20. The van der Waals surface area contributed by atoms with E-state index >= 15 is 0 Å². The first-order valence-corrected chi connectivity index (χ1v) is 7.59. The predicted molar refractivity (Wildman–Crippen MR) is 77.9 cm³/mol. The fourth-order valence-corrected chi connectivity index (χ4v) is 2.59. The van der Waals surface area contributed by atoms with E-state index in [9.17, 15) is 0 Å². The van der Waals surface area contributed by atoms with Gasteiger partial charge >= 0.3 is 0 Å². The van der Waals surface area contributed by atoms with Crippen LogP contribution in [0.4, 0.5) is 0 Å². The van der Waals surface area contributed by atoms with Crippen molar-refractivity contribution in [2.45, 2.75) is 53.1 Å². The molecule has 1 fully saturated rings. The Labute approximate surface area is 113 Å². The highest BCUT2D eigenvalue weighted by Gasteiger charge is 2.28. The Bertz CT molecular complexity index is 221. The number of nitrogens with one attached hydrogen (secondary N) is 1. The first-order chi connectivity index (χ1) is 8.54. The highest BCUT2D eigenvalue weighted by atomic mass is 16.5. The zero-order valence-corrected chi connectivity index (χ0v) is 12.9. The number of rotatable bonds is 7. The van der Waals surface area contributed by atoms with Crippen molar-refractivity contribution in [2.75, 3.05) is 32.8 Å². The summed E-state index contributed by atoms with van der Waals surface area (Å²) in [6.07, 6.45) is 1.25. The summed E-state index contributed by atoms with van der Waals surface area (Å²) in [4.78, 5) is 2.62. The predicted octanol–water partition coefficient (Wildman–Crippen LogP) is 2.37. The molecule has 3 atom stereocenters. The molecule has 0 aliphatic carbocycles. The molecule has 108 valence electrons. The van der Waals surface area contributed by atoms with Crippen molar-refractivity contribution in [1.29, 1.82) is 0 Å². The lowest BCUT2D eigenvalue weighted by Gasteiger charge is -2.42. The van der Waals surface area contributed by atoms with Gasteiger partial charge in [-0.15, -0.1) is 0 Å². The van der Waals surface area contributed by atoms with Gasteiger partial charge in [-0.05, 0) is 18.8 Å². The Morgan fingerprint density at radius 3 is 2.67 bits per heavy atom. The van der Waals surface area contributed by atoms with Crippen LogP contribution >= 0.6 is 0 Å². The minimum Gasteiger partial charge on any atom is -0.380 e. The summed E-state index contributed by atoms with van der Waals surface area (Å²) >= 11 is 0. The second-order valence-corrected chi connectivity index (χ2v) is 6.23. The van der Waals surface area contributed by atoms with Gasteiger partial charge < -0.3 is 10.1 Å². The number of piperazine rings is 1. The van der Waals surface area contributed by atoms with Crippen LogP contribution in [0.2, 0.25) is 0 Å². The van der Waals surface area contributed by atoms with Crippen LogP contribution in [0.25, 0.3) is 0 Å². The molecule has 1 aliphatic rings. The lowest BCUT2D eigenvalue weighted by atomic mass is 9.95. The second-order valence-electron chi connectivity index (χ2n) is 6.23. The van der Waals surface area contributed by atoms with E-state index in [-0.39, 0.29) is 0 Å². The molecule has 1 aliphatic heterocycles. The van der Waals surface area contributed by atoms with Crippen molar-refractivity contribution in [3.63, 3.8) is 0 Å². The third kappa shape index (κ3) is 5.25. The van der Waals surface area contributed by atoms with Gasteiger partial charge in [0, 0.05) is 38.3 Å². The third-order valence-corrected chi connectivity index (χ3v) is 3.93. The topological polar surface area (TPSA) is 24.5 Å². The summed E-state index contributed by atoms with van der Waals surface area (Å²) < 4.78 is 5.73. The molecule has 0 aromatic rings. The van der Waals surface area contributed by atoms with Crippen molar-refractivity contribution in [1.82, 2.24) is 10.2 Å². The van der Waals surface area contributed by atoms with E-state index in [1.807, 2.05) is 0 Å². The second kappa shape index (κ2) is 8.13. The van der Waals surface area contributed by atoms with Crippen LogP contribution in [-0.2, 0) is 4.74 Å². The van der Waals surface area contributed by atoms with E-state index in [0.29, 0.717) is 18.0 Å². The Morgan fingerprint density at radius 2 is 2.06 bits per heavy atom. The molecule has 1 heterocycles. The van der Waals surface area contributed by atoms with Gasteiger partial charge in [-0.2, -0.15) is 0 Å². The van der Waals surface area contributed by atoms with Gasteiger partial charge in [-0.1, -0.05) is 34.1 Å². The molecule has 0 aromatic carbocycles. The summed E-state index contributed by atoms with van der Waals surface area (Å²) in [6.45, 7) is 16.4. The Morgan fingerprint density at radius 1 is 1.33 bits per heavy atom. The van der Waals surface area contributed by atoms with Crippen LogP contribution in [0.3, 0.4) is 0 Å². The van der Waals surface area contributed by atoms with Gasteiger partial charge in [0.2, 0.25) is 0 Å². The van der Waals surface area contributed by atoms with Crippen LogP contribution in [-0.4, -0.2) is 49.8 Å². The average molecular weight is 256 g/mol. The molecule has 1 N–H and O–H groups in total. The molecule has 3 unspecified atom stereocenters. The number of hydrogen-bond acceptors (Lipinski definition) is 3. The summed E-state index contributed by atoms with van der Waals surface area (Å²) in [6, 6.07) is 1.28.